The van der Waals surface area contributed by atoms with Crippen LogP contribution in [0.2, 0.25) is 0 Å². The van der Waals surface area contributed by atoms with Crippen LogP contribution < -0.4 is 0 Å². The number of nitriles is 1. The van der Waals surface area contributed by atoms with Crippen LogP contribution in [-0.4, -0.2) is 65.5 Å². The SMILES string of the molecule is CS(=O)(=O)O.N#Cc1ccc2[nH]c(O)c(-c3ccc(CN4CCOCC4)cn3)c2c1. The molecule has 1 aromatic carbocycles. The van der Waals surface area contributed by atoms with Gasteiger partial charge in [-0.1, -0.05) is 6.07 Å². The van der Waals surface area contributed by atoms with E-state index in [-0.39, 0.29) is 5.88 Å². The van der Waals surface area contributed by atoms with Gasteiger partial charge in [-0.2, -0.15) is 13.7 Å². The van der Waals surface area contributed by atoms with Crippen LogP contribution in [-0.2, 0) is 21.4 Å². The molecule has 0 atom stereocenters. The summed E-state index contributed by atoms with van der Waals surface area (Å²) < 4.78 is 31.2. The van der Waals surface area contributed by atoms with Gasteiger partial charge in [0.25, 0.3) is 10.1 Å². The lowest BCUT2D eigenvalue weighted by Crippen LogP contribution is -2.35. The van der Waals surface area contributed by atoms with E-state index in [0.717, 1.165) is 49.3 Å². The van der Waals surface area contributed by atoms with Gasteiger partial charge in [0.2, 0.25) is 0 Å². The number of hydrogen-bond donors (Lipinski definition) is 3. The summed E-state index contributed by atoms with van der Waals surface area (Å²) >= 11 is 0. The second-order valence-corrected chi connectivity index (χ2v) is 8.36. The number of aromatic hydroxyl groups is 1. The van der Waals surface area contributed by atoms with E-state index in [2.05, 4.69) is 20.9 Å². The fourth-order valence-corrected chi connectivity index (χ4v) is 3.19. The van der Waals surface area contributed by atoms with Crippen molar-refractivity contribution in [2.75, 3.05) is 32.6 Å². The first-order valence-corrected chi connectivity index (χ1v) is 11.0. The van der Waals surface area contributed by atoms with Crippen molar-refractivity contribution >= 4 is 21.0 Å². The molecule has 0 unspecified atom stereocenters. The maximum atomic E-state index is 10.3. The fraction of sp³-hybridized carbons (Fsp3) is 0.300. The minimum Gasteiger partial charge on any atom is -0.494 e. The van der Waals surface area contributed by atoms with Gasteiger partial charge >= 0.3 is 0 Å². The number of aromatic amines is 1. The Kier molecular flexibility index (Phi) is 6.69. The van der Waals surface area contributed by atoms with Gasteiger partial charge in [-0.05, 0) is 29.8 Å². The van der Waals surface area contributed by atoms with E-state index in [1.807, 2.05) is 18.3 Å². The van der Waals surface area contributed by atoms with Gasteiger partial charge in [0.1, 0.15) is 0 Å². The first kappa shape index (κ1) is 21.7. The highest BCUT2D eigenvalue weighted by Gasteiger charge is 2.15. The number of rotatable bonds is 3. The molecular formula is C20H22N4O5S. The molecular weight excluding hydrogens is 408 g/mol. The van der Waals surface area contributed by atoms with E-state index in [1.165, 1.54) is 0 Å². The van der Waals surface area contributed by atoms with Crippen LogP contribution >= 0.6 is 0 Å². The van der Waals surface area contributed by atoms with Crippen LogP contribution in [0.15, 0.2) is 36.5 Å². The number of ether oxygens (including phenoxy) is 1. The van der Waals surface area contributed by atoms with Crippen molar-refractivity contribution < 1.29 is 22.8 Å². The fourth-order valence-electron chi connectivity index (χ4n) is 3.19. The predicted octanol–water partition coefficient (Wildman–Crippen LogP) is 2.14. The number of hydrogen-bond acceptors (Lipinski definition) is 7. The highest BCUT2D eigenvalue weighted by molar-refractivity contribution is 7.85. The monoisotopic (exact) mass is 430 g/mol. The second-order valence-electron chi connectivity index (χ2n) is 6.89. The predicted molar refractivity (Wildman–Crippen MR) is 111 cm³/mol. The molecule has 9 nitrogen and oxygen atoms in total. The third kappa shape index (κ3) is 5.77. The molecule has 10 heteroatoms. The van der Waals surface area contributed by atoms with Crippen LogP contribution in [0.4, 0.5) is 0 Å². The summed E-state index contributed by atoms with van der Waals surface area (Å²) in [6.07, 6.45) is 2.56. The third-order valence-corrected chi connectivity index (χ3v) is 4.50. The molecule has 0 spiro atoms. The molecule has 3 aromatic rings. The van der Waals surface area contributed by atoms with Crippen molar-refractivity contribution in [3.8, 4) is 23.2 Å². The zero-order valence-corrected chi connectivity index (χ0v) is 17.2. The third-order valence-electron chi connectivity index (χ3n) is 4.50. The molecule has 158 valence electrons. The number of benzene rings is 1. The Balaban J connectivity index is 0.000000461. The Morgan fingerprint density at radius 2 is 1.97 bits per heavy atom. The molecule has 1 fully saturated rings. The highest BCUT2D eigenvalue weighted by Crippen LogP contribution is 2.36. The standard InChI is InChI=1S/C19H18N4O2.CH4O3S/c20-10-13-1-3-16-15(9-13)18(19(24)22-16)17-4-2-14(11-21-17)12-23-5-7-25-8-6-23;1-5(2,3)4/h1-4,9,11,22,24H,5-8,12H2;1H3,(H,2,3,4). The van der Waals surface area contributed by atoms with Gasteiger partial charge in [0.15, 0.2) is 5.88 Å². The molecule has 0 bridgehead atoms. The van der Waals surface area contributed by atoms with Gasteiger partial charge in [-0.3, -0.25) is 14.4 Å². The molecule has 30 heavy (non-hydrogen) atoms. The number of nitrogens with zero attached hydrogens (tertiary/aromatic N) is 3. The average molecular weight is 430 g/mol. The summed E-state index contributed by atoms with van der Waals surface area (Å²) in [7, 11) is -3.67. The smallest absolute Gasteiger partial charge is 0.261 e. The van der Waals surface area contributed by atoms with E-state index in [1.54, 1.807) is 18.2 Å². The Morgan fingerprint density at radius 3 is 2.57 bits per heavy atom. The average Bonchev–Trinajstić information content (AvgIpc) is 3.03. The summed E-state index contributed by atoms with van der Waals surface area (Å²) in [6, 6.07) is 11.4. The minimum absolute atomic E-state index is 0.0681. The molecule has 0 amide bonds. The summed E-state index contributed by atoms with van der Waals surface area (Å²) in [6.45, 7) is 4.25. The molecule has 1 saturated heterocycles. The quantitative estimate of drug-likeness (QED) is 0.537. The van der Waals surface area contributed by atoms with Crippen LogP contribution in [0.25, 0.3) is 22.2 Å². The largest absolute Gasteiger partial charge is 0.494 e. The molecule has 3 heterocycles. The number of fused-ring (bicyclic) bond motifs is 1. The molecule has 4 rings (SSSR count). The first-order chi connectivity index (χ1) is 14.2. The summed E-state index contributed by atoms with van der Waals surface area (Å²) in [5.74, 6) is 0.0681. The van der Waals surface area contributed by atoms with Crippen molar-refractivity contribution in [2.24, 2.45) is 0 Å². The number of pyridine rings is 1. The van der Waals surface area contributed by atoms with E-state index >= 15 is 0 Å². The topological polar surface area (TPSA) is 140 Å². The van der Waals surface area contributed by atoms with Crippen LogP contribution in [0, 0.1) is 11.3 Å². The number of H-pyrrole nitrogens is 1. The van der Waals surface area contributed by atoms with Crippen molar-refractivity contribution in [3.05, 3.63) is 47.7 Å². The minimum atomic E-state index is -3.67. The van der Waals surface area contributed by atoms with E-state index < -0.39 is 10.1 Å². The zero-order valence-electron chi connectivity index (χ0n) is 16.4. The molecule has 0 aliphatic carbocycles. The van der Waals surface area contributed by atoms with Crippen molar-refractivity contribution in [2.45, 2.75) is 6.54 Å². The van der Waals surface area contributed by atoms with E-state index in [0.29, 0.717) is 23.1 Å². The summed E-state index contributed by atoms with van der Waals surface area (Å²) in [5.41, 5.74) is 3.78. The molecule has 3 N–H and O–H groups in total. The van der Waals surface area contributed by atoms with Crippen molar-refractivity contribution in [3.63, 3.8) is 0 Å². The van der Waals surface area contributed by atoms with Gasteiger partial charge < -0.3 is 14.8 Å². The van der Waals surface area contributed by atoms with Crippen LogP contribution in [0.5, 0.6) is 5.88 Å². The molecule has 1 aliphatic heterocycles. The lowest BCUT2D eigenvalue weighted by molar-refractivity contribution is 0.0341. The number of aromatic nitrogens is 2. The second kappa shape index (κ2) is 9.23. The molecule has 0 radical (unpaired) electrons. The van der Waals surface area contributed by atoms with Gasteiger partial charge in [-0.25, -0.2) is 0 Å². The Bertz CT molecular complexity index is 1150. The Hall–Kier alpha value is -2.97. The van der Waals surface area contributed by atoms with E-state index in [9.17, 15) is 13.5 Å². The van der Waals surface area contributed by atoms with Gasteiger partial charge in [-0.15, -0.1) is 0 Å². The number of morpholine rings is 1. The molecule has 0 saturated carbocycles. The first-order valence-electron chi connectivity index (χ1n) is 9.17. The van der Waals surface area contributed by atoms with Gasteiger partial charge in [0, 0.05) is 36.7 Å². The van der Waals surface area contributed by atoms with Crippen LogP contribution in [0.1, 0.15) is 11.1 Å². The normalized spacial score (nSPS) is 14.7. The maximum absolute atomic E-state index is 10.3. The molecule has 2 aromatic heterocycles. The number of nitrogens with one attached hydrogen (secondary N) is 1. The lowest BCUT2D eigenvalue weighted by atomic mass is 10.1. The van der Waals surface area contributed by atoms with Crippen molar-refractivity contribution in [1.29, 1.82) is 5.26 Å². The van der Waals surface area contributed by atoms with Crippen molar-refractivity contribution in [1.82, 2.24) is 14.9 Å². The highest BCUT2D eigenvalue weighted by atomic mass is 32.2. The molecule has 1 aliphatic rings. The van der Waals surface area contributed by atoms with Crippen LogP contribution in [0.3, 0.4) is 0 Å². The summed E-state index contributed by atoms with van der Waals surface area (Å²) in [5, 5.41) is 20.2. The Morgan fingerprint density at radius 1 is 1.27 bits per heavy atom. The van der Waals surface area contributed by atoms with Gasteiger partial charge in [0.05, 0.1) is 42.4 Å². The lowest BCUT2D eigenvalue weighted by Gasteiger charge is -2.26. The zero-order chi connectivity index (χ0) is 21.7. The van der Waals surface area contributed by atoms with E-state index in [4.69, 9.17) is 14.6 Å². The maximum Gasteiger partial charge on any atom is 0.261 e. The summed E-state index contributed by atoms with van der Waals surface area (Å²) in [4.78, 5) is 9.81. The Labute approximate surface area is 174 Å².